The molecule has 7 nitrogen and oxygen atoms in total. The van der Waals surface area contributed by atoms with Crippen molar-refractivity contribution < 1.29 is 4.52 Å². The van der Waals surface area contributed by atoms with Gasteiger partial charge in [0.25, 0.3) is 0 Å². The van der Waals surface area contributed by atoms with Gasteiger partial charge in [-0.25, -0.2) is 4.98 Å². The van der Waals surface area contributed by atoms with Crippen molar-refractivity contribution in [1.29, 1.82) is 10.5 Å². The normalized spacial score (nSPS) is 9.94. The third-order valence-electron chi connectivity index (χ3n) is 2.34. The molecular formula is C11H10N6O. The molecule has 2 aromatic rings. The number of hydrogen-bond donors (Lipinski definition) is 0. The summed E-state index contributed by atoms with van der Waals surface area (Å²) in [5.41, 5.74) is 0.314. The summed E-state index contributed by atoms with van der Waals surface area (Å²) >= 11 is 0. The summed E-state index contributed by atoms with van der Waals surface area (Å²) < 4.78 is 6.57. The van der Waals surface area contributed by atoms with Crippen LogP contribution in [0.1, 0.15) is 36.4 Å². The zero-order valence-electron chi connectivity index (χ0n) is 9.79. The molecule has 2 rings (SSSR count). The standard InChI is InChI=1S/C11H10N6O/c1-2-3-11-15-10(16-18-11)6-17-7-14-8(4-12)9(17)5-13/h7H,2-3,6H2,1H3. The first-order chi connectivity index (χ1) is 8.78. The second-order valence-corrected chi connectivity index (χ2v) is 3.65. The zero-order valence-corrected chi connectivity index (χ0v) is 9.79. The molecule has 0 aliphatic rings. The molecule has 0 N–H and O–H groups in total. The molecule has 2 heterocycles. The van der Waals surface area contributed by atoms with E-state index in [-0.39, 0.29) is 17.9 Å². The summed E-state index contributed by atoms with van der Waals surface area (Å²) in [4.78, 5) is 8.03. The number of aromatic nitrogens is 4. The highest BCUT2D eigenvalue weighted by Crippen LogP contribution is 2.08. The average Bonchev–Trinajstić information content (AvgIpc) is 2.97. The Morgan fingerprint density at radius 3 is 2.89 bits per heavy atom. The number of nitrogens with zero attached hydrogens (tertiary/aromatic N) is 6. The lowest BCUT2D eigenvalue weighted by Gasteiger charge is -1.97. The summed E-state index contributed by atoms with van der Waals surface area (Å²) in [7, 11) is 0. The van der Waals surface area contributed by atoms with Crippen molar-refractivity contribution >= 4 is 0 Å². The van der Waals surface area contributed by atoms with Crippen molar-refractivity contribution in [3.05, 3.63) is 29.4 Å². The van der Waals surface area contributed by atoms with Crippen LogP contribution in [0, 0.1) is 22.7 Å². The summed E-state index contributed by atoms with van der Waals surface area (Å²) in [5.74, 6) is 1.04. The molecule has 0 saturated heterocycles. The molecule has 0 unspecified atom stereocenters. The largest absolute Gasteiger partial charge is 0.339 e. The molecule has 2 aromatic heterocycles. The molecule has 90 valence electrons. The Bertz CT molecular complexity index is 627. The minimum Gasteiger partial charge on any atom is -0.339 e. The molecule has 0 radical (unpaired) electrons. The maximum absolute atomic E-state index is 8.96. The average molecular weight is 242 g/mol. The third-order valence-corrected chi connectivity index (χ3v) is 2.34. The zero-order chi connectivity index (χ0) is 13.0. The highest BCUT2D eigenvalue weighted by Gasteiger charge is 2.13. The van der Waals surface area contributed by atoms with Crippen molar-refractivity contribution in [2.45, 2.75) is 26.3 Å². The van der Waals surface area contributed by atoms with Crippen molar-refractivity contribution in [2.75, 3.05) is 0 Å². The van der Waals surface area contributed by atoms with Crippen LogP contribution in [0.3, 0.4) is 0 Å². The second kappa shape index (κ2) is 5.11. The Balaban J connectivity index is 2.21. The van der Waals surface area contributed by atoms with Crippen molar-refractivity contribution in [2.24, 2.45) is 0 Å². The van der Waals surface area contributed by atoms with E-state index < -0.39 is 0 Å². The first-order valence-electron chi connectivity index (χ1n) is 5.45. The maximum atomic E-state index is 8.96. The summed E-state index contributed by atoms with van der Waals surface area (Å²) in [6.45, 7) is 2.29. The molecule has 0 bridgehead atoms. The maximum Gasteiger partial charge on any atom is 0.226 e. The van der Waals surface area contributed by atoms with Crippen molar-refractivity contribution in [3.8, 4) is 12.1 Å². The molecule has 0 aliphatic heterocycles. The number of rotatable bonds is 4. The van der Waals surface area contributed by atoms with Crippen LogP contribution >= 0.6 is 0 Å². The van der Waals surface area contributed by atoms with Gasteiger partial charge in [0.2, 0.25) is 5.89 Å². The van der Waals surface area contributed by atoms with E-state index in [9.17, 15) is 0 Å². The molecule has 0 aromatic carbocycles. The monoisotopic (exact) mass is 242 g/mol. The van der Waals surface area contributed by atoms with Gasteiger partial charge in [0.1, 0.15) is 12.1 Å². The highest BCUT2D eigenvalue weighted by molar-refractivity contribution is 5.36. The van der Waals surface area contributed by atoms with E-state index in [2.05, 4.69) is 15.1 Å². The lowest BCUT2D eigenvalue weighted by atomic mass is 10.3. The first kappa shape index (κ1) is 11.8. The summed E-state index contributed by atoms with van der Waals surface area (Å²) in [6.07, 6.45) is 3.08. The molecule has 0 fully saturated rings. The lowest BCUT2D eigenvalue weighted by Crippen LogP contribution is -2.03. The summed E-state index contributed by atoms with van der Waals surface area (Å²) in [6, 6.07) is 3.80. The van der Waals surface area contributed by atoms with E-state index in [4.69, 9.17) is 15.0 Å². The molecule has 0 aliphatic carbocycles. The van der Waals surface area contributed by atoms with Crippen LogP contribution in [0.25, 0.3) is 0 Å². The number of nitriles is 2. The Morgan fingerprint density at radius 1 is 1.39 bits per heavy atom. The number of imidazole rings is 1. The van der Waals surface area contributed by atoms with Crippen LogP contribution in [-0.2, 0) is 13.0 Å². The minimum atomic E-state index is 0.106. The van der Waals surface area contributed by atoms with Gasteiger partial charge >= 0.3 is 0 Å². The Hall–Kier alpha value is -2.67. The predicted octanol–water partition coefficient (Wildman–Crippen LogP) is 1.01. The van der Waals surface area contributed by atoms with E-state index in [0.717, 1.165) is 12.8 Å². The van der Waals surface area contributed by atoms with Gasteiger partial charge in [0, 0.05) is 6.42 Å². The molecule has 18 heavy (non-hydrogen) atoms. The van der Waals surface area contributed by atoms with Gasteiger partial charge in [-0.2, -0.15) is 15.5 Å². The van der Waals surface area contributed by atoms with Gasteiger partial charge in [-0.1, -0.05) is 12.1 Å². The molecular weight excluding hydrogens is 232 g/mol. The van der Waals surface area contributed by atoms with Crippen LogP contribution in [0.5, 0.6) is 0 Å². The smallest absolute Gasteiger partial charge is 0.226 e. The third kappa shape index (κ3) is 2.20. The fourth-order valence-corrected chi connectivity index (χ4v) is 1.52. The Labute approximate surface area is 103 Å². The number of aryl methyl sites for hydroxylation is 1. The van der Waals surface area contributed by atoms with Gasteiger partial charge in [-0.05, 0) is 6.42 Å². The Morgan fingerprint density at radius 2 is 2.22 bits per heavy atom. The summed E-state index contributed by atoms with van der Waals surface area (Å²) in [5, 5.41) is 21.6. The van der Waals surface area contributed by atoms with Crippen LogP contribution in [-0.4, -0.2) is 19.7 Å². The van der Waals surface area contributed by atoms with E-state index >= 15 is 0 Å². The van der Waals surface area contributed by atoms with Crippen LogP contribution in [0.2, 0.25) is 0 Å². The molecule has 0 amide bonds. The minimum absolute atomic E-state index is 0.106. The molecule has 7 heteroatoms. The highest BCUT2D eigenvalue weighted by atomic mass is 16.5. The van der Waals surface area contributed by atoms with E-state index in [1.165, 1.54) is 10.9 Å². The van der Waals surface area contributed by atoms with Gasteiger partial charge in [-0.3, -0.25) is 0 Å². The molecule has 0 spiro atoms. The van der Waals surface area contributed by atoms with Gasteiger partial charge in [0.15, 0.2) is 17.2 Å². The van der Waals surface area contributed by atoms with Crippen LogP contribution < -0.4 is 0 Å². The van der Waals surface area contributed by atoms with E-state index in [1.807, 2.05) is 19.1 Å². The van der Waals surface area contributed by atoms with Gasteiger partial charge in [-0.15, -0.1) is 0 Å². The molecule has 0 atom stereocenters. The fraction of sp³-hybridized carbons (Fsp3) is 0.364. The Kier molecular flexibility index (Phi) is 3.35. The van der Waals surface area contributed by atoms with E-state index in [0.29, 0.717) is 11.7 Å². The SMILES string of the molecule is CCCc1nc(Cn2cnc(C#N)c2C#N)no1. The second-order valence-electron chi connectivity index (χ2n) is 3.65. The quantitative estimate of drug-likeness (QED) is 0.792. The topological polar surface area (TPSA) is 104 Å². The number of hydrogen-bond acceptors (Lipinski definition) is 6. The van der Waals surface area contributed by atoms with E-state index in [1.54, 1.807) is 0 Å². The van der Waals surface area contributed by atoms with Gasteiger partial charge in [0.05, 0.1) is 12.9 Å². The fourth-order valence-electron chi connectivity index (χ4n) is 1.52. The van der Waals surface area contributed by atoms with Crippen molar-refractivity contribution in [1.82, 2.24) is 19.7 Å². The van der Waals surface area contributed by atoms with Crippen molar-refractivity contribution in [3.63, 3.8) is 0 Å². The first-order valence-corrected chi connectivity index (χ1v) is 5.45. The van der Waals surface area contributed by atoms with Crippen LogP contribution in [0.4, 0.5) is 0 Å². The predicted molar refractivity (Wildman–Crippen MR) is 59.1 cm³/mol. The van der Waals surface area contributed by atoms with Crippen LogP contribution in [0.15, 0.2) is 10.9 Å². The molecule has 0 saturated carbocycles. The lowest BCUT2D eigenvalue weighted by molar-refractivity contribution is 0.371. The van der Waals surface area contributed by atoms with Gasteiger partial charge < -0.3 is 9.09 Å².